The summed E-state index contributed by atoms with van der Waals surface area (Å²) in [5.74, 6) is -0.123. The van der Waals surface area contributed by atoms with Gasteiger partial charge < -0.3 is 5.32 Å². The fourth-order valence-electron chi connectivity index (χ4n) is 1.68. The summed E-state index contributed by atoms with van der Waals surface area (Å²) in [4.78, 5) is 2.25. The van der Waals surface area contributed by atoms with Gasteiger partial charge in [-0.3, -0.25) is 4.90 Å². The summed E-state index contributed by atoms with van der Waals surface area (Å²) >= 11 is 0. The summed E-state index contributed by atoms with van der Waals surface area (Å²) in [7, 11) is 0. The Kier molecular flexibility index (Phi) is 3.11. The molecule has 1 N–H and O–H groups in total. The van der Waals surface area contributed by atoms with Crippen LogP contribution >= 0.6 is 0 Å². The Balaban J connectivity index is 1.99. The normalized spacial score (nSPS) is 18.4. The van der Waals surface area contributed by atoms with E-state index in [1.54, 1.807) is 12.1 Å². The summed E-state index contributed by atoms with van der Waals surface area (Å²) in [6.45, 7) is 4.68. The SMILES string of the molecule is Fc1cc[c]cc1CN1CCNCC1. The molecule has 1 fully saturated rings. The fourth-order valence-corrected chi connectivity index (χ4v) is 1.68. The maximum atomic E-state index is 13.3. The summed E-state index contributed by atoms with van der Waals surface area (Å²) in [6.07, 6.45) is 0. The molecule has 2 rings (SSSR count). The number of hydrogen-bond acceptors (Lipinski definition) is 2. The molecule has 75 valence electrons. The molecule has 0 amide bonds. The van der Waals surface area contributed by atoms with Crippen LogP contribution in [0.5, 0.6) is 0 Å². The van der Waals surface area contributed by atoms with Gasteiger partial charge in [-0.15, -0.1) is 0 Å². The van der Waals surface area contributed by atoms with Crippen molar-refractivity contribution >= 4 is 0 Å². The van der Waals surface area contributed by atoms with Gasteiger partial charge >= 0.3 is 0 Å². The molecule has 0 unspecified atom stereocenters. The minimum Gasteiger partial charge on any atom is -0.314 e. The Morgan fingerprint density at radius 3 is 2.93 bits per heavy atom. The second-order valence-corrected chi connectivity index (χ2v) is 3.54. The lowest BCUT2D eigenvalue weighted by Gasteiger charge is -2.27. The highest BCUT2D eigenvalue weighted by Crippen LogP contribution is 2.09. The average Bonchev–Trinajstić information content (AvgIpc) is 2.23. The zero-order valence-electron chi connectivity index (χ0n) is 8.09. The lowest BCUT2D eigenvalue weighted by molar-refractivity contribution is 0.230. The summed E-state index contributed by atoms with van der Waals surface area (Å²) < 4.78 is 13.3. The lowest BCUT2D eigenvalue weighted by atomic mass is 10.2. The fraction of sp³-hybridized carbons (Fsp3) is 0.455. The molecule has 0 bridgehead atoms. The third-order valence-electron chi connectivity index (χ3n) is 2.49. The molecule has 14 heavy (non-hydrogen) atoms. The van der Waals surface area contributed by atoms with Crippen molar-refractivity contribution in [1.82, 2.24) is 10.2 Å². The van der Waals surface area contributed by atoms with Crippen molar-refractivity contribution < 1.29 is 4.39 Å². The molecule has 2 nitrogen and oxygen atoms in total. The van der Waals surface area contributed by atoms with E-state index in [2.05, 4.69) is 16.3 Å². The third-order valence-corrected chi connectivity index (χ3v) is 2.49. The van der Waals surface area contributed by atoms with Crippen LogP contribution < -0.4 is 5.32 Å². The van der Waals surface area contributed by atoms with Crippen molar-refractivity contribution in [3.05, 3.63) is 35.6 Å². The van der Waals surface area contributed by atoms with Gasteiger partial charge in [0.25, 0.3) is 0 Å². The van der Waals surface area contributed by atoms with Gasteiger partial charge in [-0.25, -0.2) is 4.39 Å². The topological polar surface area (TPSA) is 15.3 Å². The van der Waals surface area contributed by atoms with E-state index in [9.17, 15) is 4.39 Å². The Bertz CT molecular complexity index is 295. The van der Waals surface area contributed by atoms with Gasteiger partial charge in [-0.2, -0.15) is 0 Å². The first-order valence-corrected chi connectivity index (χ1v) is 4.94. The van der Waals surface area contributed by atoms with Crippen LogP contribution in [0.25, 0.3) is 0 Å². The molecule has 1 aliphatic rings. The molecule has 0 saturated carbocycles. The minimum atomic E-state index is -0.123. The van der Waals surface area contributed by atoms with Gasteiger partial charge in [0, 0.05) is 38.3 Å². The zero-order valence-corrected chi connectivity index (χ0v) is 8.09. The van der Waals surface area contributed by atoms with Crippen molar-refractivity contribution in [3.63, 3.8) is 0 Å². The Morgan fingerprint density at radius 2 is 2.21 bits per heavy atom. The molecular formula is C11H14FN2. The molecule has 0 aromatic heterocycles. The zero-order chi connectivity index (χ0) is 9.80. The first-order valence-electron chi connectivity index (χ1n) is 4.94. The quantitative estimate of drug-likeness (QED) is 0.754. The van der Waals surface area contributed by atoms with Gasteiger partial charge in [-0.1, -0.05) is 6.07 Å². The van der Waals surface area contributed by atoms with Crippen molar-refractivity contribution in [3.8, 4) is 0 Å². The Morgan fingerprint density at radius 1 is 1.43 bits per heavy atom. The molecule has 1 aromatic rings. The first-order chi connectivity index (χ1) is 6.86. The molecule has 1 heterocycles. The second-order valence-electron chi connectivity index (χ2n) is 3.54. The van der Waals surface area contributed by atoms with E-state index < -0.39 is 0 Å². The van der Waals surface area contributed by atoms with Gasteiger partial charge in [0.2, 0.25) is 0 Å². The van der Waals surface area contributed by atoms with E-state index in [0.29, 0.717) is 6.54 Å². The molecule has 0 aliphatic carbocycles. The smallest absolute Gasteiger partial charge is 0.127 e. The van der Waals surface area contributed by atoms with Gasteiger partial charge in [0.05, 0.1) is 0 Å². The van der Waals surface area contributed by atoms with E-state index >= 15 is 0 Å². The number of benzene rings is 1. The Hall–Kier alpha value is -0.930. The molecule has 0 spiro atoms. The molecule has 1 saturated heterocycles. The van der Waals surface area contributed by atoms with Crippen LogP contribution in [0, 0.1) is 11.9 Å². The third kappa shape index (κ3) is 2.30. The number of hydrogen-bond donors (Lipinski definition) is 1. The van der Waals surface area contributed by atoms with Gasteiger partial charge in [0.15, 0.2) is 0 Å². The van der Waals surface area contributed by atoms with Gasteiger partial charge in [0.1, 0.15) is 5.82 Å². The lowest BCUT2D eigenvalue weighted by Crippen LogP contribution is -2.43. The van der Waals surface area contributed by atoms with Crippen LogP contribution in [-0.2, 0) is 6.54 Å². The maximum Gasteiger partial charge on any atom is 0.127 e. The van der Waals surface area contributed by atoms with E-state index in [1.165, 1.54) is 6.07 Å². The highest BCUT2D eigenvalue weighted by atomic mass is 19.1. The number of rotatable bonds is 2. The number of halogens is 1. The van der Waals surface area contributed by atoms with E-state index in [-0.39, 0.29) is 5.82 Å². The maximum absolute atomic E-state index is 13.3. The van der Waals surface area contributed by atoms with E-state index in [4.69, 9.17) is 0 Å². The van der Waals surface area contributed by atoms with Crippen molar-refractivity contribution in [2.45, 2.75) is 6.54 Å². The molecule has 0 atom stereocenters. The predicted molar refractivity (Wildman–Crippen MR) is 53.4 cm³/mol. The first kappa shape index (κ1) is 9.62. The Labute approximate surface area is 83.7 Å². The van der Waals surface area contributed by atoms with Crippen LogP contribution in [0.1, 0.15) is 5.56 Å². The molecule has 3 heteroatoms. The molecule has 1 aromatic carbocycles. The van der Waals surface area contributed by atoms with E-state index in [1.807, 2.05) is 0 Å². The van der Waals surface area contributed by atoms with Crippen LogP contribution in [0.4, 0.5) is 4.39 Å². The molecular weight excluding hydrogens is 179 g/mol. The highest BCUT2D eigenvalue weighted by molar-refractivity contribution is 5.16. The summed E-state index contributed by atoms with van der Waals surface area (Å²) in [5.41, 5.74) is 0.745. The monoisotopic (exact) mass is 193 g/mol. The summed E-state index contributed by atoms with van der Waals surface area (Å²) in [5, 5.41) is 3.27. The standard InChI is InChI=1S/C11H14FN2/c12-11-4-2-1-3-10(11)9-14-7-5-13-6-8-14/h2-4,13H,5-9H2. The molecule has 1 aliphatic heterocycles. The second kappa shape index (κ2) is 4.53. The number of nitrogens with zero attached hydrogens (tertiary/aromatic N) is 1. The van der Waals surface area contributed by atoms with Crippen LogP contribution in [0.2, 0.25) is 0 Å². The van der Waals surface area contributed by atoms with Crippen LogP contribution in [-0.4, -0.2) is 31.1 Å². The molecule has 1 radical (unpaired) electrons. The number of nitrogens with one attached hydrogen (secondary N) is 1. The van der Waals surface area contributed by atoms with Gasteiger partial charge in [-0.05, 0) is 18.2 Å². The summed E-state index contributed by atoms with van der Waals surface area (Å²) in [6, 6.07) is 7.72. The predicted octanol–water partition coefficient (Wildman–Crippen LogP) is 1.03. The average molecular weight is 193 g/mol. The number of piperazine rings is 1. The van der Waals surface area contributed by atoms with Crippen LogP contribution in [0.3, 0.4) is 0 Å². The van der Waals surface area contributed by atoms with Crippen molar-refractivity contribution in [1.29, 1.82) is 0 Å². The largest absolute Gasteiger partial charge is 0.314 e. The van der Waals surface area contributed by atoms with E-state index in [0.717, 1.165) is 31.7 Å². The van der Waals surface area contributed by atoms with Crippen molar-refractivity contribution in [2.24, 2.45) is 0 Å². The minimum absolute atomic E-state index is 0.123. The van der Waals surface area contributed by atoms with Crippen LogP contribution in [0.15, 0.2) is 18.2 Å². The highest BCUT2D eigenvalue weighted by Gasteiger charge is 2.11. The van der Waals surface area contributed by atoms with Crippen molar-refractivity contribution in [2.75, 3.05) is 26.2 Å².